The Morgan fingerprint density at radius 1 is 1.10 bits per heavy atom. The summed E-state index contributed by atoms with van der Waals surface area (Å²) in [5, 5.41) is 11.5. The molecule has 1 saturated heterocycles. The highest BCUT2D eigenvalue weighted by molar-refractivity contribution is 5.77. The van der Waals surface area contributed by atoms with Crippen LogP contribution in [0.1, 0.15) is 55.7 Å². The van der Waals surface area contributed by atoms with Crippen molar-refractivity contribution in [3.8, 4) is 11.5 Å². The molecule has 166 valence electrons. The van der Waals surface area contributed by atoms with E-state index in [1.54, 1.807) is 14.2 Å². The van der Waals surface area contributed by atoms with Crippen LogP contribution in [0, 0.1) is 5.92 Å². The lowest BCUT2D eigenvalue weighted by molar-refractivity contribution is -0.155. The van der Waals surface area contributed by atoms with Gasteiger partial charge in [-0.05, 0) is 49.4 Å². The van der Waals surface area contributed by atoms with E-state index in [0.29, 0.717) is 25.8 Å². The average Bonchev–Trinajstić information content (AvgIpc) is 2.81. The number of methoxy groups -OCH3 is 2. The Bertz CT molecular complexity index is 900. The predicted molar refractivity (Wildman–Crippen MR) is 120 cm³/mol. The van der Waals surface area contributed by atoms with Gasteiger partial charge in [0.2, 0.25) is 5.91 Å². The van der Waals surface area contributed by atoms with Crippen molar-refractivity contribution in [1.82, 2.24) is 4.90 Å². The molecule has 4 rings (SSSR count). The molecule has 2 aromatic rings. The van der Waals surface area contributed by atoms with E-state index >= 15 is 0 Å². The zero-order valence-corrected chi connectivity index (χ0v) is 18.5. The van der Waals surface area contributed by atoms with E-state index in [1.165, 1.54) is 0 Å². The van der Waals surface area contributed by atoms with Gasteiger partial charge in [-0.1, -0.05) is 43.2 Å². The number of hydrogen-bond acceptors (Lipinski definition) is 4. The molecule has 1 saturated carbocycles. The van der Waals surface area contributed by atoms with Crippen molar-refractivity contribution in [2.24, 2.45) is 5.92 Å². The fourth-order valence-corrected chi connectivity index (χ4v) is 5.46. The third kappa shape index (κ3) is 4.42. The Morgan fingerprint density at radius 3 is 2.65 bits per heavy atom. The standard InChI is InChI=1S/C26H33NO4/c1-30-20-12-13-23(31-2)21(18-20)25-22-10-6-7-15-26(22,29)16-17-27(25)24(28)14-11-19-8-4-3-5-9-19/h3-5,8-9,12-13,18,22,25,29H,6-7,10-11,14-17H2,1-2H3/t22-,25+,26+/m0/s1. The fourth-order valence-electron chi connectivity index (χ4n) is 5.46. The van der Waals surface area contributed by atoms with Crippen molar-refractivity contribution in [3.63, 3.8) is 0 Å². The molecule has 31 heavy (non-hydrogen) atoms. The van der Waals surface area contributed by atoms with Crippen molar-refractivity contribution < 1.29 is 19.4 Å². The Balaban J connectivity index is 1.67. The maximum atomic E-state index is 13.5. The molecule has 5 heteroatoms. The van der Waals surface area contributed by atoms with E-state index in [1.807, 2.05) is 41.3 Å². The molecule has 1 N–H and O–H groups in total. The summed E-state index contributed by atoms with van der Waals surface area (Å²) in [4.78, 5) is 15.5. The third-order valence-electron chi connectivity index (χ3n) is 7.11. The molecule has 1 aliphatic heterocycles. The molecule has 2 aromatic carbocycles. The minimum Gasteiger partial charge on any atom is -0.497 e. The molecule has 0 aromatic heterocycles. The van der Waals surface area contributed by atoms with Crippen LogP contribution in [0.3, 0.4) is 0 Å². The minimum absolute atomic E-state index is 0.00307. The maximum absolute atomic E-state index is 13.5. The van der Waals surface area contributed by atoms with Crippen LogP contribution in [0.15, 0.2) is 48.5 Å². The SMILES string of the molecule is COc1ccc(OC)c([C@@H]2[C@@H]3CCCC[C@@]3(O)CCN2C(=O)CCc2ccccc2)c1. The van der Waals surface area contributed by atoms with Gasteiger partial charge >= 0.3 is 0 Å². The van der Waals surface area contributed by atoms with Gasteiger partial charge in [-0.15, -0.1) is 0 Å². The Kier molecular flexibility index (Phi) is 6.51. The van der Waals surface area contributed by atoms with Gasteiger partial charge in [0.15, 0.2) is 0 Å². The fraction of sp³-hybridized carbons (Fsp3) is 0.500. The number of fused-ring (bicyclic) bond motifs is 1. The van der Waals surface area contributed by atoms with Gasteiger partial charge in [-0.25, -0.2) is 0 Å². The molecule has 0 bridgehead atoms. The van der Waals surface area contributed by atoms with Crippen LogP contribution < -0.4 is 9.47 Å². The van der Waals surface area contributed by atoms with Crippen LogP contribution in [0.4, 0.5) is 0 Å². The summed E-state index contributed by atoms with van der Waals surface area (Å²) in [6.45, 7) is 0.561. The summed E-state index contributed by atoms with van der Waals surface area (Å²) in [5.74, 6) is 1.60. The highest BCUT2D eigenvalue weighted by atomic mass is 16.5. The van der Waals surface area contributed by atoms with E-state index in [4.69, 9.17) is 9.47 Å². The average molecular weight is 424 g/mol. The minimum atomic E-state index is -0.729. The van der Waals surface area contributed by atoms with Crippen LogP contribution in [-0.4, -0.2) is 42.3 Å². The van der Waals surface area contributed by atoms with Gasteiger partial charge in [0.05, 0.1) is 25.9 Å². The molecule has 3 atom stereocenters. The number of piperidine rings is 1. The second kappa shape index (κ2) is 9.31. The number of aryl methyl sites for hydroxylation is 1. The predicted octanol–water partition coefficient (Wildman–Crippen LogP) is 4.53. The van der Waals surface area contributed by atoms with Gasteiger partial charge < -0.3 is 19.5 Å². The zero-order chi connectivity index (χ0) is 21.8. The van der Waals surface area contributed by atoms with Gasteiger partial charge in [-0.3, -0.25) is 4.79 Å². The number of nitrogens with zero attached hydrogens (tertiary/aromatic N) is 1. The number of ether oxygens (including phenoxy) is 2. The number of hydrogen-bond donors (Lipinski definition) is 1. The van der Waals surface area contributed by atoms with Crippen LogP contribution >= 0.6 is 0 Å². The van der Waals surface area contributed by atoms with Crippen LogP contribution in [0.5, 0.6) is 11.5 Å². The van der Waals surface area contributed by atoms with Crippen molar-refractivity contribution in [3.05, 3.63) is 59.7 Å². The van der Waals surface area contributed by atoms with Crippen molar-refractivity contribution in [2.75, 3.05) is 20.8 Å². The Morgan fingerprint density at radius 2 is 1.90 bits per heavy atom. The number of amides is 1. The van der Waals surface area contributed by atoms with Crippen molar-refractivity contribution >= 4 is 5.91 Å². The molecule has 1 amide bonds. The Labute approximate surface area is 185 Å². The Hall–Kier alpha value is -2.53. The number of rotatable bonds is 6. The number of carbonyl (C=O) groups excluding carboxylic acids is 1. The lowest BCUT2D eigenvalue weighted by Crippen LogP contribution is -2.56. The van der Waals surface area contributed by atoms with Crippen LogP contribution in [0.25, 0.3) is 0 Å². The highest BCUT2D eigenvalue weighted by Crippen LogP contribution is 2.51. The molecule has 0 spiro atoms. The quantitative estimate of drug-likeness (QED) is 0.742. The molecule has 2 fully saturated rings. The van der Waals surface area contributed by atoms with Gasteiger partial charge in [-0.2, -0.15) is 0 Å². The first kappa shape index (κ1) is 21.7. The van der Waals surface area contributed by atoms with Crippen molar-refractivity contribution in [1.29, 1.82) is 0 Å². The largest absolute Gasteiger partial charge is 0.497 e. The van der Waals surface area contributed by atoms with Crippen LogP contribution in [-0.2, 0) is 11.2 Å². The monoisotopic (exact) mass is 423 g/mol. The maximum Gasteiger partial charge on any atom is 0.223 e. The smallest absolute Gasteiger partial charge is 0.223 e. The van der Waals surface area contributed by atoms with E-state index in [-0.39, 0.29) is 17.9 Å². The lowest BCUT2D eigenvalue weighted by atomic mass is 9.66. The molecular weight excluding hydrogens is 390 g/mol. The summed E-state index contributed by atoms with van der Waals surface area (Å²) < 4.78 is 11.2. The normalized spacial score (nSPS) is 25.6. The first-order chi connectivity index (χ1) is 15.1. The topological polar surface area (TPSA) is 59.0 Å². The second-order valence-corrected chi connectivity index (χ2v) is 8.83. The number of carbonyl (C=O) groups is 1. The van der Waals surface area contributed by atoms with E-state index < -0.39 is 5.60 Å². The van der Waals surface area contributed by atoms with Gasteiger partial charge in [0, 0.05) is 24.4 Å². The number of benzene rings is 2. The third-order valence-corrected chi connectivity index (χ3v) is 7.11. The lowest BCUT2D eigenvalue weighted by Gasteiger charge is -2.52. The van der Waals surface area contributed by atoms with E-state index in [0.717, 1.165) is 48.3 Å². The first-order valence-corrected chi connectivity index (χ1v) is 11.3. The van der Waals surface area contributed by atoms with Crippen molar-refractivity contribution in [2.45, 2.75) is 56.6 Å². The molecule has 2 aliphatic rings. The molecule has 1 aliphatic carbocycles. The summed E-state index contributed by atoms with van der Waals surface area (Å²) in [5.41, 5.74) is 1.37. The number of aliphatic hydroxyl groups is 1. The second-order valence-electron chi connectivity index (χ2n) is 8.83. The first-order valence-electron chi connectivity index (χ1n) is 11.3. The van der Waals surface area contributed by atoms with E-state index in [9.17, 15) is 9.90 Å². The molecule has 5 nitrogen and oxygen atoms in total. The molecular formula is C26H33NO4. The molecule has 0 radical (unpaired) electrons. The highest BCUT2D eigenvalue weighted by Gasteiger charge is 2.50. The zero-order valence-electron chi connectivity index (χ0n) is 18.5. The van der Waals surface area contributed by atoms with E-state index in [2.05, 4.69) is 12.1 Å². The summed E-state index contributed by atoms with van der Waals surface area (Å²) in [7, 11) is 3.30. The summed E-state index contributed by atoms with van der Waals surface area (Å²) in [6, 6.07) is 15.7. The molecule has 1 heterocycles. The van der Waals surface area contributed by atoms with Gasteiger partial charge in [0.1, 0.15) is 11.5 Å². The summed E-state index contributed by atoms with van der Waals surface area (Å²) >= 11 is 0. The number of likely N-dealkylation sites (tertiary alicyclic amines) is 1. The molecule has 0 unspecified atom stereocenters. The van der Waals surface area contributed by atoms with Gasteiger partial charge in [0.25, 0.3) is 0 Å². The van der Waals surface area contributed by atoms with Crippen LogP contribution in [0.2, 0.25) is 0 Å². The summed E-state index contributed by atoms with van der Waals surface area (Å²) in [6.07, 6.45) is 5.62.